The molecule has 2 aromatic heterocycles. The normalized spacial score (nSPS) is 13.5. The second kappa shape index (κ2) is 17.1. The van der Waals surface area contributed by atoms with Gasteiger partial charge in [-0.2, -0.15) is 0 Å². The fourth-order valence-electron chi connectivity index (χ4n) is 11.8. The first-order chi connectivity index (χ1) is 36.4. The summed E-state index contributed by atoms with van der Waals surface area (Å²) in [5.41, 5.74) is 16.4. The lowest BCUT2D eigenvalue weighted by Crippen LogP contribution is -2.40. The second-order valence-corrected chi connectivity index (χ2v) is 19.8. The van der Waals surface area contributed by atoms with E-state index in [1.165, 1.54) is 33.4 Å². The molecule has 0 bridgehead atoms. The quantitative estimate of drug-likeness (QED) is 0.158. The van der Waals surface area contributed by atoms with Crippen LogP contribution in [0.2, 0.25) is 0 Å². The first-order valence-electron chi connectivity index (χ1n) is 25.2. The monoisotopic (exact) mass is 946 g/mol. The van der Waals surface area contributed by atoms with Gasteiger partial charge in [0.25, 0.3) is 0 Å². The van der Waals surface area contributed by atoms with Crippen LogP contribution in [0, 0.1) is 0 Å². The highest BCUT2D eigenvalue weighted by Gasteiger charge is 2.54. The Kier molecular flexibility index (Phi) is 9.99. The van der Waals surface area contributed by atoms with Crippen LogP contribution in [0.4, 0.5) is 0 Å². The molecule has 0 atom stereocenters. The zero-order valence-electron chi connectivity index (χ0n) is 40.8. The number of aromatic nitrogens is 6. The average Bonchev–Trinajstić information content (AvgIpc) is 3.86. The van der Waals surface area contributed by atoms with Crippen molar-refractivity contribution in [3.8, 4) is 90.6 Å². The summed E-state index contributed by atoms with van der Waals surface area (Å²) in [7, 11) is 0. The van der Waals surface area contributed by atoms with Crippen LogP contribution in [-0.2, 0) is 10.8 Å². The molecule has 6 heteroatoms. The summed E-state index contributed by atoms with van der Waals surface area (Å²) in [5.74, 6) is 3.60. The molecule has 0 saturated heterocycles. The highest BCUT2D eigenvalue weighted by molar-refractivity contribution is 5.98. The molecule has 0 amide bonds. The van der Waals surface area contributed by atoms with Gasteiger partial charge in [-0.15, -0.1) is 0 Å². The van der Waals surface area contributed by atoms with Gasteiger partial charge in [-0.05, 0) is 72.5 Å². The molecule has 6 nitrogen and oxygen atoms in total. The molecular weight excluding hydrogens is 901 g/mol. The van der Waals surface area contributed by atoms with E-state index in [9.17, 15) is 0 Å². The molecule has 2 aliphatic rings. The molecule has 0 saturated carbocycles. The van der Waals surface area contributed by atoms with Gasteiger partial charge in [0.2, 0.25) is 0 Å². The third-order valence-electron chi connectivity index (χ3n) is 15.3. The number of fused-ring (bicyclic) bond motifs is 10. The smallest absolute Gasteiger partial charge is 0.164 e. The van der Waals surface area contributed by atoms with Crippen LogP contribution in [0.1, 0.15) is 47.2 Å². The molecule has 0 unspecified atom stereocenters. The summed E-state index contributed by atoms with van der Waals surface area (Å²) in [6.07, 6.45) is 0. The van der Waals surface area contributed by atoms with E-state index < -0.39 is 5.41 Å². The van der Waals surface area contributed by atoms with Crippen LogP contribution in [0.15, 0.2) is 243 Å². The molecule has 0 aliphatic heterocycles. The summed E-state index contributed by atoms with van der Waals surface area (Å²) >= 11 is 0. The van der Waals surface area contributed by atoms with Crippen molar-refractivity contribution in [1.82, 2.24) is 29.9 Å². The minimum atomic E-state index is -0.685. The molecule has 2 heterocycles. The fraction of sp³-hybridized carbons (Fsp3) is 0.0588. The number of nitrogens with zero attached hydrogens (tertiary/aromatic N) is 6. The lowest BCUT2D eigenvalue weighted by molar-refractivity contribution is 0.563. The molecule has 74 heavy (non-hydrogen) atoms. The van der Waals surface area contributed by atoms with Gasteiger partial charge in [-0.1, -0.05) is 250 Å². The van der Waals surface area contributed by atoms with Gasteiger partial charge in [0.05, 0.1) is 5.41 Å². The lowest BCUT2D eigenvalue weighted by atomic mass is 9.55. The van der Waals surface area contributed by atoms with Gasteiger partial charge in [0.15, 0.2) is 34.9 Å². The van der Waals surface area contributed by atoms with Crippen molar-refractivity contribution in [3.63, 3.8) is 0 Å². The van der Waals surface area contributed by atoms with Gasteiger partial charge in [0, 0.05) is 38.8 Å². The zero-order valence-corrected chi connectivity index (χ0v) is 40.8. The molecule has 348 valence electrons. The van der Waals surface area contributed by atoms with Gasteiger partial charge in [-0.25, -0.2) is 29.9 Å². The van der Waals surface area contributed by atoms with Crippen molar-refractivity contribution in [3.05, 3.63) is 276 Å². The van der Waals surface area contributed by atoms with Gasteiger partial charge in [0.1, 0.15) is 0 Å². The Labute approximate surface area is 429 Å². The van der Waals surface area contributed by atoms with E-state index in [0.29, 0.717) is 34.9 Å². The minimum absolute atomic E-state index is 0.264. The minimum Gasteiger partial charge on any atom is -0.208 e. The fourth-order valence-corrected chi connectivity index (χ4v) is 11.8. The number of hydrogen-bond donors (Lipinski definition) is 0. The van der Waals surface area contributed by atoms with Crippen molar-refractivity contribution in [2.45, 2.75) is 24.7 Å². The molecule has 1 spiro atoms. The van der Waals surface area contributed by atoms with Crippen molar-refractivity contribution >= 4 is 10.8 Å². The van der Waals surface area contributed by atoms with Crippen LogP contribution in [0.5, 0.6) is 0 Å². The van der Waals surface area contributed by atoms with E-state index in [-0.39, 0.29) is 5.41 Å². The number of rotatable bonds is 7. The maximum Gasteiger partial charge on any atom is 0.164 e. The van der Waals surface area contributed by atoms with E-state index >= 15 is 0 Å². The first-order valence-corrected chi connectivity index (χ1v) is 25.2. The topological polar surface area (TPSA) is 77.3 Å². The largest absolute Gasteiger partial charge is 0.208 e. The van der Waals surface area contributed by atoms with Gasteiger partial charge in [-0.3, -0.25) is 0 Å². The van der Waals surface area contributed by atoms with E-state index in [0.717, 1.165) is 66.4 Å². The van der Waals surface area contributed by atoms with Crippen molar-refractivity contribution < 1.29 is 0 Å². The van der Waals surface area contributed by atoms with E-state index in [2.05, 4.69) is 214 Å². The predicted octanol–water partition coefficient (Wildman–Crippen LogP) is 15.9. The molecule has 12 aromatic rings. The lowest BCUT2D eigenvalue weighted by Gasteiger charge is -2.46. The Morgan fingerprint density at radius 3 is 1.26 bits per heavy atom. The van der Waals surface area contributed by atoms with Crippen molar-refractivity contribution in [1.29, 1.82) is 0 Å². The Bertz CT molecular complexity index is 4100. The summed E-state index contributed by atoms with van der Waals surface area (Å²) in [4.78, 5) is 31.9. The van der Waals surface area contributed by atoms with E-state index in [4.69, 9.17) is 29.9 Å². The summed E-state index contributed by atoms with van der Waals surface area (Å²) in [6, 6.07) is 85.7. The van der Waals surface area contributed by atoms with Crippen molar-refractivity contribution in [2.75, 3.05) is 0 Å². The highest BCUT2D eigenvalue weighted by atomic mass is 15.0. The Morgan fingerprint density at radius 1 is 0.257 bits per heavy atom. The summed E-state index contributed by atoms with van der Waals surface area (Å²) in [5, 5.41) is 2.20. The second-order valence-electron chi connectivity index (χ2n) is 19.8. The first kappa shape index (κ1) is 43.3. The molecule has 14 rings (SSSR count). The summed E-state index contributed by atoms with van der Waals surface area (Å²) < 4.78 is 0. The Morgan fingerprint density at radius 2 is 0.649 bits per heavy atom. The molecule has 2 aliphatic carbocycles. The van der Waals surface area contributed by atoms with Gasteiger partial charge >= 0.3 is 0 Å². The van der Waals surface area contributed by atoms with E-state index in [1.807, 2.05) is 42.5 Å². The maximum atomic E-state index is 5.44. The Balaban J connectivity index is 1.04. The van der Waals surface area contributed by atoms with Crippen LogP contribution in [-0.4, -0.2) is 29.9 Å². The molecule has 0 fully saturated rings. The van der Waals surface area contributed by atoms with Crippen LogP contribution in [0.25, 0.3) is 101 Å². The zero-order chi connectivity index (χ0) is 49.4. The Hall–Kier alpha value is -9.52. The summed E-state index contributed by atoms with van der Waals surface area (Å²) in [6.45, 7) is 4.71. The molecule has 10 aromatic carbocycles. The number of benzene rings is 10. The standard InChI is InChI=1S/C68H46N6/c1-67(2)55-31-14-16-33-57(55)68(58-34-17-15-32-56(58)67)54-41-40-49(64-70-62(47-25-10-5-11-26-47)71-65(74-64)51-29-18-27-45-22-12-13-28-50(45)51)42-53(54)60-52(30-19-35-59(60)68)66-72-61(46-23-8-4-9-24-46)69-63(73-66)48-38-36-44(37-39-48)43-20-6-3-7-21-43/h3-42H,1-2H3. The predicted molar refractivity (Wildman–Crippen MR) is 298 cm³/mol. The third-order valence-corrected chi connectivity index (χ3v) is 15.3. The number of hydrogen-bond acceptors (Lipinski definition) is 6. The SMILES string of the molecule is CC1(C)c2ccccc2C2(c3ccc(-c4nc(-c5ccccc5)nc(-c5cccc6ccccc56)n4)cc3-c3c(-c4nc(-c5ccccc5)nc(-c5ccc(-c6ccccc6)cc5)n4)cccc32)c2ccccc21. The average molecular weight is 947 g/mol. The van der Waals surface area contributed by atoms with E-state index in [1.54, 1.807) is 0 Å². The third kappa shape index (κ3) is 6.79. The van der Waals surface area contributed by atoms with Crippen LogP contribution >= 0.6 is 0 Å². The van der Waals surface area contributed by atoms with Crippen LogP contribution < -0.4 is 0 Å². The van der Waals surface area contributed by atoms with Gasteiger partial charge < -0.3 is 0 Å². The highest BCUT2D eigenvalue weighted by Crippen LogP contribution is 2.63. The molecule has 0 radical (unpaired) electrons. The van der Waals surface area contributed by atoms with Crippen LogP contribution in [0.3, 0.4) is 0 Å². The molecular formula is C68H46N6. The molecule has 0 N–H and O–H groups in total. The van der Waals surface area contributed by atoms with Crippen molar-refractivity contribution in [2.24, 2.45) is 0 Å². The maximum absolute atomic E-state index is 5.44.